The van der Waals surface area contributed by atoms with Gasteiger partial charge in [-0.05, 0) is 49.2 Å². The van der Waals surface area contributed by atoms with E-state index in [1.165, 1.54) is 0 Å². The molecule has 4 rings (SSSR count). The summed E-state index contributed by atoms with van der Waals surface area (Å²) in [7, 11) is 1.63. The van der Waals surface area contributed by atoms with E-state index in [-0.39, 0.29) is 0 Å². The first-order valence-corrected chi connectivity index (χ1v) is 9.17. The molecule has 0 atom stereocenters. The highest BCUT2D eigenvalue weighted by Crippen LogP contribution is 2.28. The Morgan fingerprint density at radius 3 is 2.50 bits per heavy atom. The van der Waals surface area contributed by atoms with Crippen LogP contribution in [0.2, 0.25) is 0 Å². The standard InChI is InChI=1S/C21H20N4O3/c1-28-16-10-8-15(9-11-16)18-14-24(23-22-18)12-4-5-13-25-19-7-3-2-6-17(19)20(26)21(25)27/h2-3,6-11,14H,4-5,12-13H2,1H3. The summed E-state index contributed by atoms with van der Waals surface area (Å²) in [6.45, 7) is 1.21. The predicted molar refractivity (Wildman–Crippen MR) is 104 cm³/mol. The lowest BCUT2D eigenvalue weighted by Crippen LogP contribution is -2.30. The van der Waals surface area contributed by atoms with Crippen molar-refractivity contribution in [3.8, 4) is 17.0 Å². The first-order chi connectivity index (χ1) is 13.7. The minimum atomic E-state index is -0.441. The third-order valence-electron chi connectivity index (χ3n) is 4.82. The van der Waals surface area contributed by atoms with E-state index in [0.717, 1.165) is 29.8 Å². The third kappa shape index (κ3) is 3.38. The van der Waals surface area contributed by atoms with Crippen LogP contribution in [0.15, 0.2) is 54.7 Å². The summed E-state index contributed by atoms with van der Waals surface area (Å²) in [5.41, 5.74) is 2.98. The number of rotatable bonds is 7. The number of anilines is 1. The number of para-hydroxylation sites is 1. The molecule has 0 fully saturated rings. The van der Waals surface area contributed by atoms with Gasteiger partial charge in [-0.15, -0.1) is 5.10 Å². The number of ether oxygens (including phenoxy) is 1. The number of hydrogen-bond donors (Lipinski definition) is 0. The normalized spacial score (nSPS) is 13.1. The van der Waals surface area contributed by atoms with Gasteiger partial charge in [0, 0.05) is 18.7 Å². The number of carbonyl (C=O) groups excluding carboxylic acids is 2. The second-order valence-electron chi connectivity index (χ2n) is 6.61. The molecule has 0 bridgehead atoms. The number of fused-ring (bicyclic) bond motifs is 1. The smallest absolute Gasteiger partial charge is 0.299 e. The highest BCUT2D eigenvalue weighted by Gasteiger charge is 2.34. The van der Waals surface area contributed by atoms with Gasteiger partial charge in [0.15, 0.2) is 0 Å². The second-order valence-corrected chi connectivity index (χ2v) is 6.61. The van der Waals surface area contributed by atoms with Crippen LogP contribution in [0.25, 0.3) is 11.3 Å². The van der Waals surface area contributed by atoms with Crippen molar-refractivity contribution in [1.82, 2.24) is 15.0 Å². The molecule has 0 aliphatic carbocycles. The van der Waals surface area contributed by atoms with Crippen LogP contribution in [-0.2, 0) is 11.3 Å². The third-order valence-corrected chi connectivity index (χ3v) is 4.82. The number of carbonyl (C=O) groups is 2. The SMILES string of the molecule is COc1ccc(-c2cn(CCCCN3C(=O)C(=O)c4ccccc43)nn2)cc1. The molecule has 1 aliphatic rings. The lowest BCUT2D eigenvalue weighted by atomic mass is 10.1. The second kappa shape index (κ2) is 7.64. The van der Waals surface area contributed by atoms with Crippen molar-refractivity contribution in [2.75, 3.05) is 18.6 Å². The Bertz CT molecular complexity index is 1010. The Morgan fingerprint density at radius 2 is 1.71 bits per heavy atom. The van der Waals surface area contributed by atoms with E-state index in [9.17, 15) is 9.59 Å². The van der Waals surface area contributed by atoms with Crippen molar-refractivity contribution in [1.29, 1.82) is 0 Å². The number of hydrogen-bond acceptors (Lipinski definition) is 5. The number of methoxy groups -OCH3 is 1. The Morgan fingerprint density at radius 1 is 0.964 bits per heavy atom. The van der Waals surface area contributed by atoms with E-state index >= 15 is 0 Å². The average Bonchev–Trinajstić information content (AvgIpc) is 3.30. The van der Waals surface area contributed by atoms with E-state index in [1.807, 2.05) is 42.6 Å². The fourth-order valence-corrected chi connectivity index (χ4v) is 3.32. The van der Waals surface area contributed by atoms with Crippen LogP contribution >= 0.6 is 0 Å². The number of nitrogens with zero attached hydrogens (tertiary/aromatic N) is 4. The summed E-state index contributed by atoms with van der Waals surface area (Å²) in [5.74, 6) is -0.0626. The summed E-state index contributed by atoms with van der Waals surface area (Å²) in [5, 5.41) is 8.38. The van der Waals surface area contributed by atoms with Crippen LogP contribution in [0.4, 0.5) is 5.69 Å². The van der Waals surface area contributed by atoms with E-state index in [1.54, 1.807) is 28.8 Å². The molecule has 1 amide bonds. The molecule has 0 saturated carbocycles. The van der Waals surface area contributed by atoms with Crippen LogP contribution in [0.5, 0.6) is 5.75 Å². The first kappa shape index (κ1) is 17.9. The lowest BCUT2D eigenvalue weighted by molar-refractivity contribution is -0.114. The number of Topliss-reactive ketones (excluding diaryl/α,β-unsaturated/α-hetero) is 1. The fraction of sp³-hybridized carbons (Fsp3) is 0.238. The predicted octanol–water partition coefficient (Wildman–Crippen LogP) is 2.96. The maximum absolute atomic E-state index is 12.2. The van der Waals surface area contributed by atoms with E-state index in [4.69, 9.17) is 4.74 Å². The molecule has 142 valence electrons. The van der Waals surface area contributed by atoms with Gasteiger partial charge in [0.2, 0.25) is 0 Å². The van der Waals surface area contributed by atoms with Crippen molar-refractivity contribution < 1.29 is 14.3 Å². The van der Waals surface area contributed by atoms with Gasteiger partial charge >= 0.3 is 0 Å². The van der Waals surface area contributed by atoms with Crippen molar-refractivity contribution in [2.45, 2.75) is 19.4 Å². The van der Waals surface area contributed by atoms with Gasteiger partial charge in [-0.2, -0.15) is 0 Å². The number of ketones is 1. The minimum Gasteiger partial charge on any atom is -0.497 e. The van der Waals surface area contributed by atoms with Gasteiger partial charge in [0.1, 0.15) is 11.4 Å². The van der Waals surface area contributed by atoms with Crippen LogP contribution in [0, 0.1) is 0 Å². The van der Waals surface area contributed by atoms with Crippen LogP contribution in [0.3, 0.4) is 0 Å². The summed E-state index contributed by atoms with van der Waals surface area (Å²) in [6, 6.07) is 14.8. The highest BCUT2D eigenvalue weighted by molar-refractivity contribution is 6.52. The minimum absolute atomic E-state index is 0.420. The Labute approximate surface area is 162 Å². The van der Waals surface area contributed by atoms with E-state index in [0.29, 0.717) is 24.3 Å². The molecule has 2 aromatic carbocycles. The lowest BCUT2D eigenvalue weighted by Gasteiger charge is -2.16. The zero-order valence-electron chi connectivity index (χ0n) is 15.5. The number of benzene rings is 2. The molecule has 0 unspecified atom stereocenters. The number of aromatic nitrogens is 3. The molecule has 0 radical (unpaired) electrons. The largest absolute Gasteiger partial charge is 0.497 e. The monoisotopic (exact) mass is 376 g/mol. The summed E-state index contributed by atoms with van der Waals surface area (Å²) in [4.78, 5) is 25.8. The first-order valence-electron chi connectivity index (χ1n) is 9.17. The molecule has 0 saturated heterocycles. The summed E-state index contributed by atoms with van der Waals surface area (Å²) >= 11 is 0. The average molecular weight is 376 g/mol. The Balaban J connectivity index is 1.32. The zero-order valence-corrected chi connectivity index (χ0v) is 15.5. The molecule has 7 nitrogen and oxygen atoms in total. The van der Waals surface area contributed by atoms with Crippen LogP contribution < -0.4 is 9.64 Å². The molecule has 0 N–H and O–H groups in total. The molecule has 1 aliphatic heterocycles. The van der Waals surface area contributed by atoms with E-state index < -0.39 is 11.7 Å². The number of amides is 1. The molecule has 0 spiro atoms. The molecule has 3 aromatic rings. The molecule has 1 aromatic heterocycles. The highest BCUT2D eigenvalue weighted by atomic mass is 16.5. The van der Waals surface area contributed by atoms with Gasteiger partial charge in [0.25, 0.3) is 11.7 Å². The van der Waals surface area contributed by atoms with Gasteiger partial charge < -0.3 is 9.64 Å². The maximum atomic E-state index is 12.2. The number of unbranched alkanes of at least 4 members (excludes halogenated alkanes) is 1. The molecule has 2 heterocycles. The van der Waals surface area contributed by atoms with Crippen LogP contribution in [0.1, 0.15) is 23.2 Å². The summed E-state index contributed by atoms with van der Waals surface area (Å²) < 4.78 is 6.96. The topological polar surface area (TPSA) is 77.3 Å². The van der Waals surface area contributed by atoms with Gasteiger partial charge in [-0.1, -0.05) is 17.3 Å². The van der Waals surface area contributed by atoms with Crippen molar-refractivity contribution in [3.05, 3.63) is 60.3 Å². The summed E-state index contributed by atoms with van der Waals surface area (Å²) in [6.07, 6.45) is 3.50. The molecule has 7 heteroatoms. The maximum Gasteiger partial charge on any atom is 0.299 e. The quantitative estimate of drug-likeness (QED) is 0.468. The van der Waals surface area contributed by atoms with Gasteiger partial charge in [-0.3, -0.25) is 14.3 Å². The van der Waals surface area contributed by atoms with Gasteiger partial charge in [0.05, 0.1) is 24.6 Å². The number of aryl methyl sites for hydroxylation is 1. The van der Waals surface area contributed by atoms with E-state index in [2.05, 4.69) is 10.3 Å². The molecule has 28 heavy (non-hydrogen) atoms. The molecular weight excluding hydrogens is 356 g/mol. The van der Waals surface area contributed by atoms with Crippen LogP contribution in [-0.4, -0.2) is 40.3 Å². The molecular formula is C21H20N4O3. The van der Waals surface area contributed by atoms with Gasteiger partial charge in [-0.25, -0.2) is 0 Å². The fourth-order valence-electron chi connectivity index (χ4n) is 3.32. The van der Waals surface area contributed by atoms with Crippen molar-refractivity contribution in [2.24, 2.45) is 0 Å². The zero-order chi connectivity index (χ0) is 19.5. The Kier molecular flexibility index (Phi) is 4.89. The van der Waals surface area contributed by atoms with Crippen molar-refractivity contribution in [3.63, 3.8) is 0 Å². The Hall–Kier alpha value is -3.48. The van der Waals surface area contributed by atoms with Crippen molar-refractivity contribution >= 4 is 17.4 Å².